The normalized spacial score (nSPS) is 17.8. The molecular weight excluding hydrogens is 400 g/mol. The minimum Gasteiger partial charge on any atom is -0.368 e. The van der Waals surface area contributed by atoms with Crippen molar-refractivity contribution in [2.24, 2.45) is 0 Å². The summed E-state index contributed by atoms with van der Waals surface area (Å²) in [5, 5.41) is 2.62. The van der Waals surface area contributed by atoms with Gasteiger partial charge >= 0.3 is 0 Å². The summed E-state index contributed by atoms with van der Waals surface area (Å²) in [4.78, 5) is 19.2. The van der Waals surface area contributed by atoms with Gasteiger partial charge in [-0.2, -0.15) is 0 Å². The van der Waals surface area contributed by atoms with E-state index in [2.05, 4.69) is 66.1 Å². The van der Waals surface area contributed by atoms with E-state index in [4.69, 9.17) is 12.6 Å². The predicted molar refractivity (Wildman–Crippen MR) is 135 cm³/mol. The zero-order valence-corrected chi connectivity index (χ0v) is 19.8. The van der Waals surface area contributed by atoms with E-state index in [0.717, 1.165) is 61.6 Å². The quantitative estimate of drug-likeness (QED) is 0.444. The lowest BCUT2D eigenvalue weighted by atomic mass is 9.87. The Bertz CT molecular complexity index is 1010. The molecule has 1 aliphatic heterocycles. The Morgan fingerprint density at radius 3 is 2.39 bits per heavy atom. The highest BCUT2D eigenvalue weighted by Crippen LogP contribution is 2.34. The molecule has 1 saturated heterocycles. The third-order valence-electron chi connectivity index (χ3n) is 6.65. The van der Waals surface area contributed by atoms with Crippen LogP contribution in [0.15, 0.2) is 64.1 Å². The SMILES string of the molecule is CC(C)=C(C(=O)CCN1CCN(c2cccc3ccccc23)CC1)C1=C(S)CCCC1. The molecule has 1 fully saturated rings. The third-order valence-corrected chi connectivity index (χ3v) is 7.15. The Morgan fingerprint density at radius 2 is 1.65 bits per heavy atom. The minimum atomic E-state index is 0.292. The summed E-state index contributed by atoms with van der Waals surface area (Å²) in [5.41, 5.74) is 4.62. The number of piperazine rings is 1. The van der Waals surface area contributed by atoms with E-state index < -0.39 is 0 Å². The molecule has 0 atom stereocenters. The number of ketones is 1. The lowest BCUT2D eigenvalue weighted by molar-refractivity contribution is -0.115. The monoisotopic (exact) mass is 434 g/mol. The van der Waals surface area contributed by atoms with Crippen LogP contribution >= 0.6 is 12.6 Å². The smallest absolute Gasteiger partial charge is 0.164 e. The summed E-state index contributed by atoms with van der Waals surface area (Å²) in [6.07, 6.45) is 4.96. The molecule has 0 N–H and O–H groups in total. The fourth-order valence-corrected chi connectivity index (χ4v) is 5.37. The number of rotatable bonds is 6. The number of nitrogens with zero attached hydrogens (tertiary/aromatic N) is 2. The van der Waals surface area contributed by atoms with Crippen LogP contribution in [0.5, 0.6) is 0 Å². The van der Waals surface area contributed by atoms with Gasteiger partial charge in [-0.05, 0) is 61.5 Å². The first-order valence-corrected chi connectivity index (χ1v) is 12.1. The van der Waals surface area contributed by atoms with Crippen molar-refractivity contribution in [3.05, 3.63) is 64.1 Å². The van der Waals surface area contributed by atoms with Crippen LogP contribution in [0.1, 0.15) is 46.0 Å². The maximum absolute atomic E-state index is 13.1. The number of thiol groups is 1. The molecule has 0 spiro atoms. The zero-order valence-electron chi connectivity index (χ0n) is 18.9. The maximum atomic E-state index is 13.1. The number of Topliss-reactive ketones (excluding diaryl/α,β-unsaturated/α-hetero) is 1. The van der Waals surface area contributed by atoms with Gasteiger partial charge in [0, 0.05) is 55.8 Å². The summed E-state index contributed by atoms with van der Waals surface area (Å²) in [7, 11) is 0. The number of benzene rings is 2. The van der Waals surface area contributed by atoms with Crippen molar-refractivity contribution in [1.29, 1.82) is 0 Å². The lowest BCUT2D eigenvalue weighted by Crippen LogP contribution is -2.47. The molecule has 0 bridgehead atoms. The molecule has 3 nitrogen and oxygen atoms in total. The summed E-state index contributed by atoms with van der Waals surface area (Å²) in [6.45, 7) is 8.99. The molecule has 0 aromatic heterocycles. The summed E-state index contributed by atoms with van der Waals surface area (Å²) >= 11 is 4.70. The van der Waals surface area contributed by atoms with Crippen LogP contribution in [-0.4, -0.2) is 43.4 Å². The molecule has 0 amide bonds. The molecule has 0 radical (unpaired) electrons. The van der Waals surface area contributed by atoms with Gasteiger partial charge in [-0.3, -0.25) is 9.69 Å². The summed E-state index contributed by atoms with van der Waals surface area (Å²) in [6, 6.07) is 15.2. The van der Waals surface area contributed by atoms with Gasteiger partial charge in [-0.1, -0.05) is 42.0 Å². The van der Waals surface area contributed by atoms with Crippen LogP contribution in [0.2, 0.25) is 0 Å². The van der Waals surface area contributed by atoms with Crippen molar-refractivity contribution in [3.63, 3.8) is 0 Å². The number of hydrogen-bond donors (Lipinski definition) is 1. The van der Waals surface area contributed by atoms with E-state index in [-0.39, 0.29) is 0 Å². The Kier molecular flexibility index (Phi) is 7.19. The Morgan fingerprint density at radius 1 is 0.935 bits per heavy atom. The number of fused-ring (bicyclic) bond motifs is 1. The van der Waals surface area contributed by atoms with Gasteiger partial charge in [0.05, 0.1) is 0 Å². The molecule has 2 aromatic carbocycles. The van der Waals surface area contributed by atoms with Gasteiger partial charge in [0.1, 0.15) is 0 Å². The van der Waals surface area contributed by atoms with Crippen molar-refractivity contribution < 1.29 is 4.79 Å². The standard InChI is InChI=1S/C27H34N2OS/c1-20(2)27(23-11-5-6-13-26(23)31)25(30)14-15-28-16-18-29(19-17-28)24-12-7-9-21-8-3-4-10-22(21)24/h3-4,7-10,12,31H,5-6,11,13-19H2,1-2H3. The van der Waals surface area contributed by atoms with Gasteiger partial charge in [-0.15, -0.1) is 12.6 Å². The van der Waals surface area contributed by atoms with Crippen molar-refractivity contribution in [1.82, 2.24) is 4.90 Å². The van der Waals surface area contributed by atoms with Crippen LogP contribution < -0.4 is 4.90 Å². The molecule has 4 rings (SSSR count). The van der Waals surface area contributed by atoms with Crippen molar-refractivity contribution in [2.45, 2.75) is 46.0 Å². The van der Waals surface area contributed by atoms with Crippen LogP contribution in [0.4, 0.5) is 5.69 Å². The van der Waals surface area contributed by atoms with Crippen LogP contribution in [0, 0.1) is 0 Å². The first kappa shape index (κ1) is 22.2. The number of anilines is 1. The molecule has 31 heavy (non-hydrogen) atoms. The van der Waals surface area contributed by atoms with Crippen LogP contribution in [-0.2, 0) is 4.79 Å². The fourth-order valence-electron chi connectivity index (χ4n) is 4.99. The number of allylic oxidation sites excluding steroid dienone is 4. The molecule has 4 heteroatoms. The van der Waals surface area contributed by atoms with E-state index in [9.17, 15) is 4.79 Å². The average Bonchev–Trinajstić information content (AvgIpc) is 2.79. The Labute approximate surface area is 192 Å². The van der Waals surface area contributed by atoms with Gasteiger partial charge in [0.25, 0.3) is 0 Å². The summed E-state index contributed by atoms with van der Waals surface area (Å²) < 4.78 is 0. The van der Waals surface area contributed by atoms with Gasteiger partial charge in [-0.25, -0.2) is 0 Å². The molecule has 0 unspecified atom stereocenters. The lowest BCUT2D eigenvalue weighted by Gasteiger charge is -2.36. The van der Waals surface area contributed by atoms with Crippen molar-refractivity contribution in [2.75, 3.05) is 37.6 Å². The largest absolute Gasteiger partial charge is 0.368 e. The average molecular weight is 435 g/mol. The zero-order chi connectivity index (χ0) is 21.8. The Balaban J connectivity index is 1.36. The first-order valence-electron chi connectivity index (χ1n) is 11.6. The van der Waals surface area contributed by atoms with E-state index >= 15 is 0 Å². The molecular formula is C27H34N2OS. The molecule has 0 saturated carbocycles. The van der Waals surface area contributed by atoms with Crippen LogP contribution in [0.3, 0.4) is 0 Å². The van der Waals surface area contributed by atoms with E-state index in [1.807, 2.05) is 0 Å². The van der Waals surface area contributed by atoms with E-state index in [0.29, 0.717) is 12.2 Å². The first-order chi connectivity index (χ1) is 15.0. The number of hydrogen-bond acceptors (Lipinski definition) is 4. The minimum absolute atomic E-state index is 0.292. The Hall–Kier alpha value is -2.04. The number of carbonyl (C=O) groups is 1. The van der Waals surface area contributed by atoms with Gasteiger partial charge in [0.2, 0.25) is 0 Å². The molecule has 2 aromatic rings. The molecule has 1 heterocycles. The van der Waals surface area contributed by atoms with Crippen molar-refractivity contribution >= 4 is 34.9 Å². The topological polar surface area (TPSA) is 23.6 Å². The molecule has 164 valence electrons. The fraction of sp³-hybridized carbons (Fsp3) is 0.444. The molecule has 2 aliphatic rings. The van der Waals surface area contributed by atoms with Gasteiger partial charge in [0.15, 0.2) is 5.78 Å². The second-order valence-corrected chi connectivity index (χ2v) is 9.55. The number of carbonyl (C=O) groups excluding carboxylic acids is 1. The highest BCUT2D eigenvalue weighted by Gasteiger charge is 2.23. The third kappa shape index (κ3) is 5.07. The predicted octanol–water partition coefficient (Wildman–Crippen LogP) is 6.02. The van der Waals surface area contributed by atoms with Gasteiger partial charge < -0.3 is 4.90 Å². The summed E-state index contributed by atoms with van der Waals surface area (Å²) in [5.74, 6) is 0.292. The molecule has 1 aliphatic carbocycles. The second kappa shape index (κ2) is 10.1. The van der Waals surface area contributed by atoms with Crippen LogP contribution in [0.25, 0.3) is 10.8 Å². The highest BCUT2D eigenvalue weighted by atomic mass is 32.1. The second-order valence-electron chi connectivity index (χ2n) is 9.01. The van der Waals surface area contributed by atoms with Crippen molar-refractivity contribution in [3.8, 4) is 0 Å². The maximum Gasteiger partial charge on any atom is 0.164 e. The van der Waals surface area contributed by atoms with E-state index in [1.165, 1.54) is 34.9 Å². The highest BCUT2D eigenvalue weighted by molar-refractivity contribution is 7.84. The van der Waals surface area contributed by atoms with E-state index in [1.54, 1.807) is 0 Å².